The second-order valence-corrected chi connectivity index (χ2v) is 3.62. The molecule has 0 aromatic rings. The molecular weight excluding hydrogens is 319 g/mol. The second kappa shape index (κ2) is 8.60. The highest BCUT2D eigenvalue weighted by molar-refractivity contribution is 14.0. The molecule has 0 aromatic heterocycles. The minimum atomic E-state index is 0. The molecule has 1 aliphatic heterocycles. The molecule has 0 spiro atoms. The van der Waals surface area contributed by atoms with E-state index in [0.717, 1.165) is 25.9 Å². The average Bonchev–Trinajstić information content (AvgIpc) is 2.31. The van der Waals surface area contributed by atoms with Crippen LogP contribution in [0, 0.1) is 0 Å². The summed E-state index contributed by atoms with van der Waals surface area (Å²) in [4.78, 5) is 17.6. The van der Waals surface area contributed by atoms with Crippen LogP contribution in [-0.4, -0.2) is 50.5 Å². The number of aliphatic imine (C=N–C) groups is 1. The molecule has 1 heterocycles. The van der Waals surface area contributed by atoms with Crippen LogP contribution in [0.25, 0.3) is 0 Å². The topological polar surface area (TPSA) is 56.7 Å². The summed E-state index contributed by atoms with van der Waals surface area (Å²) in [5.41, 5.74) is 0. The van der Waals surface area contributed by atoms with Crippen molar-refractivity contribution in [3.8, 4) is 0 Å². The number of hydrogen-bond acceptors (Lipinski definition) is 2. The molecule has 1 amide bonds. The van der Waals surface area contributed by atoms with Gasteiger partial charge in [0.25, 0.3) is 0 Å². The number of halogens is 1. The summed E-state index contributed by atoms with van der Waals surface area (Å²) in [7, 11) is 3.46. The number of carbonyl (C=O) groups is 1. The van der Waals surface area contributed by atoms with E-state index in [4.69, 9.17) is 0 Å². The lowest BCUT2D eigenvalue weighted by Crippen LogP contribution is -2.45. The first-order chi connectivity index (χ1) is 7.27. The van der Waals surface area contributed by atoms with Crippen molar-refractivity contribution >= 4 is 35.8 Å². The summed E-state index contributed by atoms with van der Waals surface area (Å²) in [6.45, 7) is 2.13. The van der Waals surface area contributed by atoms with Crippen molar-refractivity contribution in [2.45, 2.75) is 19.3 Å². The molecule has 16 heavy (non-hydrogen) atoms. The van der Waals surface area contributed by atoms with Crippen molar-refractivity contribution in [2.24, 2.45) is 4.99 Å². The number of hydrogen-bond donors (Lipinski definition) is 2. The molecule has 0 atom stereocenters. The molecule has 94 valence electrons. The Hall–Kier alpha value is -0.530. The van der Waals surface area contributed by atoms with Crippen LogP contribution in [0.15, 0.2) is 4.99 Å². The molecule has 1 rings (SSSR count). The summed E-state index contributed by atoms with van der Waals surface area (Å²) in [5.74, 6) is 0.812. The van der Waals surface area contributed by atoms with Crippen LogP contribution in [-0.2, 0) is 4.79 Å². The summed E-state index contributed by atoms with van der Waals surface area (Å²) in [6, 6.07) is 0. The van der Waals surface area contributed by atoms with Gasteiger partial charge in [-0.25, -0.2) is 0 Å². The summed E-state index contributed by atoms with van der Waals surface area (Å²) in [6.07, 6.45) is 3.51. The van der Waals surface area contributed by atoms with Crippen LogP contribution in [0.3, 0.4) is 0 Å². The lowest BCUT2D eigenvalue weighted by molar-refractivity contribution is -0.130. The van der Waals surface area contributed by atoms with Gasteiger partial charge >= 0.3 is 0 Å². The van der Waals surface area contributed by atoms with Gasteiger partial charge in [-0.1, -0.05) is 0 Å². The molecule has 1 saturated heterocycles. The molecule has 0 unspecified atom stereocenters. The Morgan fingerprint density at radius 3 is 2.44 bits per heavy atom. The van der Waals surface area contributed by atoms with Gasteiger partial charge < -0.3 is 15.5 Å². The van der Waals surface area contributed by atoms with Crippen molar-refractivity contribution in [1.82, 2.24) is 15.5 Å². The average molecular weight is 340 g/mol. The zero-order valence-corrected chi connectivity index (χ0v) is 12.3. The van der Waals surface area contributed by atoms with E-state index in [1.54, 1.807) is 14.1 Å². The maximum Gasteiger partial charge on any atom is 0.241 e. The first kappa shape index (κ1) is 15.5. The first-order valence-electron chi connectivity index (χ1n) is 5.44. The highest BCUT2D eigenvalue weighted by Crippen LogP contribution is 2.07. The minimum absolute atomic E-state index is 0. The number of nitrogens with zero attached hydrogens (tertiary/aromatic N) is 2. The van der Waals surface area contributed by atoms with Gasteiger partial charge in [-0.2, -0.15) is 0 Å². The molecule has 1 fully saturated rings. The summed E-state index contributed by atoms with van der Waals surface area (Å²) >= 11 is 0. The van der Waals surface area contributed by atoms with Crippen LogP contribution in [0.2, 0.25) is 0 Å². The van der Waals surface area contributed by atoms with Gasteiger partial charge in [-0.3, -0.25) is 9.79 Å². The van der Waals surface area contributed by atoms with Crippen molar-refractivity contribution in [2.75, 3.05) is 33.7 Å². The SMILES string of the molecule is CN=C(NC)NCC(=O)N1CCCCC1.I. The number of piperidine rings is 1. The fraction of sp³-hybridized carbons (Fsp3) is 0.800. The molecule has 6 heteroatoms. The molecular formula is C10H21IN4O. The van der Waals surface area contributed by atoms with E-state index in [0.29, 0.717) is 12.5 Å². The number of guanidine groups is 1. The zero-order chi connectivity index (χ0) is 11.1. The minimum Gasteiger partial charge on any atom is -0.359 e. The zero-order valence-electron chi connectivity index (χ0n) is 9.95. The van der Waals surface area contributed by atoms with Gasteiger partial charge in [-0.05, 0) is 19.3 Å². The van der Waals surface area contributed by atoms with E-state index in [1.807, 2.05) is 4.90 Å². The maximum atomic E-state index is 11.7. The third kappa shape index (κ3) is 5.00. The molecule has 0 aromatic carbocycles. The van der Waals surface area contributed by atoms with Crippen molar-refractivity contribution in [3.63, 3.8) is 0 Å². The standard InChI is InChI=1S/C10H20N4O.HI/c1-11-10(12-2)13-8-9(15)14-6-4-3-5-7-14;/h3-8H2,1-2H3,(H2,11,12,13);1H. The molecule has 0 bridgehead atoms. The van der Waals surface area contributed by atoms with Gasteiger partial charge in [0.2, 0.25) is 5.91 Å². The fourth-order valence-corrected chi connectivity index (χ4v) is 1.69. The van der Waals surface area contributed by atoms with Gasteiger partial charge in [0.1, 0.15) is 0 Å². The van der Waals surface area contributed by atoms with E-state index >= 15 is 0 Å². The highest BCUT2D eigenvalue weighted by atomic mass is 127. The molecule has 0 radical (unpaired) electrons. The first-order valence-corrected chi connectivity index (χ1v) is 5.44. The molecule has 2 N–H and O–H groups in total. The fourth-order valence-electron chi connectivity index (χ4n) is 1.69. The normalized spacial score (nSPS) is 16.4. The number of carbonyl (C=O) groups excluding carboxylic acids is 1. The van der Waals surface area contributed by atoms with Gasteiger partial charge in [0.05, 0.1) is 6.54 Å². The maximum absolute atomic E-state index is 11.7. The Kier molecular flexibility index (Phi) is 8.32. The van der Waals surface area contributed by atoms with E-state index in [9.17, 15) is 4.79 Å². The van der Waals surface area contributed by atoms with Gasteiger partial charge in [0, 0.05) is 27.2 Å². The number of likely N-dealkylation sites (tertiary alicyclic amines) is 1. The quantitative estimate of drug-likeness (QED) is 0.435. The Morgan fingerprint density at radius 1 is 1.31 bits per heavy atom. The van der Waals surface area contributed by atoms with Crippen LogP contribution in [0.1, 0.15) is 19.3 Å². The Bertz CT molecular complexity index is 239. The molecule has 0 aliphatic carbocycles. The van der Waals surface area contributed by atoms with Crippen molar-refractivity contribution in [3.05, 3.63) is 0 Å². The lowest BCUT2D eigenvalue weighted by Gasteiger charge is -2.26. The monoisotopic (exact) mass is 340 g/mol. The van der Waals surface area contributed by atoms with Crippen molar-refractivity contribution in [1.29, 1.82) is 0 Å². The van der Waals surface area contributed by atoms with Crippen LogP contribution < -0.4 is 10.6 Å². The molecule has 5 nitrogen and oxygen atoms in total. The van der Waals surface area contributed by atoms with Crippen molar-refractivity contribution < 1.29 is 4.79 Å². The van der Waals surface area contributed by atoms with Gasteiger partial charge in [0.15, 0.2) is 5.96 Å². The van der Waals surface area contributed by atoms with E-state index < -0.39 is 0 Å². The summed E-state index contributed by atoms with van der Waals surface area (Å²) in [5, 5.41) is 5.84. The number of nitrogens with one attached hydrogen (secondary N) is 2. The van der Waals surface area contributed by atoms with E-state index in [2.05, 4.69) is 15.6 Å². The molecule has 1 aliphatic rings. The smallest absolute Gasteiger partial charge is 0.241 e. The number of amides is 1. The van der Waals surface area contributed by atoms with Crippen LogP contribution in [0.5, 0.6) is 0 Å². The molecule has 0 saturated carbocycles. The lowest BCUT2D eigenvalue weighted by atomic mass is 10.1. The number of rotatable bonds is 2. The van der Waals surface area contributed by atoms with E-state index in [1.165, 1.54) is 6.42 Å². The second-order valence-electron chi connectivity index (χ2n) is 3.62. The largest absolute Gasteiger partial charge is 0.359 e. The predicted molar refractivity (Wildman–Crippen MR) is 76.3 cm³/mol. The van der Waals surface area contributed by atoms with E-state index in [-0.39, 0.29) is 29.9 Å². The predicted octanol–water partition coefficient (Wildman–Crippen LogP) is 0.412. The third-order valence-corrected chi connectivity index (χ3v) is 2.58. The van der Waals surface area contributed by atoms with Crippen LogP contribution >= 0.6 is 24.0 Å². The third-order valence-electron chi connectivity index (χ3n) is 2.58. The van der Waals surface area contributed by atoms with Crippen LogP contribution in [0.4, 0.5) is 0 Å². The van der Waals surface area contributed by atoms with Gasteiger partial charge in [-0.15, -0.1) is 24.0 Å². The Morgan fingerprint density at radius 2 is 1.94 bits per heavy atom. The Labute approximate surface area is 114 Å². The Balaban J connectivity index is 0.00000225. The summed E-state index contributed by atoms with van der Waals surface area (Å²) < 4.78 is 0. The highest BCUT2D eigenvalue weighted by Gasteiger charge is 2.15.